The van der Waals surface area contributed by atoms with Gasteiger partial charge in [-0.05, 0) is 18.1 Å². The SMILES string of the molecule is CN(C)C(=O)CNC(=NCc1ccccc1OC(F)(F)F)NCCc1ccccc1. The van der Waals surface area contributed by atoms with E-state index < -0.39 is 6.36 Å². The molecular formula is C21H25F3N4O2. The number of nitrogens with zero attached hydrogens (tertiary/aromatic N) is 2. The molecule has 0 heterocycles. The Hall–Kier alpha value is -3.23. The zero-order valence-electron chi connectivity index (χ0n) is 16.9. The summed E-state index contributed by atoms with van der Waals surface area (Å²) in [6.07, 6.45) is -4.07. The normalized spacial score (nSPS) is 11.7. The Kier molecular flexibility index (Phi) is 8.52. The number of nitrogens with one attached hydrogen (secondary N) is 2. The Morgan fingerprint density at radius 2 is 1.70 bits per heavy atom. The van der Waals surface area contributed by atoms with E-state index >= 15 is 0 Å². The van der Waals surface area contributed by atoms with Crippen LogP contribution in [0.2, 0.25) is 0 Å². The number of carbonyl (C=O) groups excluding carboxylic acids is 1. The predicted octanol–water partition coefficient (Wildman–Crippen LogP) is 2.95. The van der Waals surface area contributed by atoms with Gasteiger partial charge < -0.3 is 20.3 Å². The number of halogens is 3. The molecule has 0 aliphatic heterocycles. The molecule has 1 amide bonds. The van der Waals surface area contributed by atoms with Crippen molar-refractivity contribution in [2.75, 3.05) is 27.2 Å². The molecule has 162 valence electrons. The van der Waals surface area contributed by atoms with E-state index in [2.05, 4.69) is 20.4 Å². The lowest BCUT2D eigenvalue weighted by Gasteiger charge is -2.16. The lowest BCUT2D eigenvalue weighted by Crippen LogP contribution is -2.43. The minimum absolute atomic E-state index is 0.00483. The first-order valence-corrected chi connectivity index (χ1v) is 9.34. The van der Waals surface area contributed by atoms with E-state index in [4.69, 9.17) is 0 Å². The van der Waals surface area contributed by atoms with Gasteiger partial charge in [-0.15, -0.1) is 13.2 Å². The van der Waals surface area contributed by atoms with Crippen molar-refractivity contribution in [1.29, 1.82) is 0 Å². The van der Waals surface area contributed by atoms with Crippen molar-refractivity contribution in [3.8, 4) is 5.75 Å². The Morgan fingerprint density at radius 3 is 2.37 bits per heavy atom. The van der Waals surface area contributed by atoms with Crippen LogP contribution in [0.5, 0.6) is 5.75 Å². The number of benzene rings is 2. The molecule has 0 spiro atoms. The lowest BCUT2D eigenvalue weighted by atomic mass is 10.1. The standard InChI is InChI=1S/C21H25F3N4O2/c1-28(2)19(29)15-27-20(25-13-12-16-8-4-3-5-9-16)26-14-17-10-6-7-11-18(17)30-21(22,23)24/h3-11H,12-15H2,1-2H3,(H2,25,26,27). The number of ether oxygens (including phenoxy) is 1. The number of carbonyl (C=O) groups is 1. The van der Waals surface area contributed by atoms with E-state index in [9.17, 15) is 18.0 Å². The fourth-order valence-corrected chi connectivity index (χ4v) is 2.48. The van der Waals surface area contributed by atoms with Gasteiger partial charge in [-0.1, -0.05) is 48.5 Å². The zero-order chi connectivity index (χ0) is 22.0. The van der Waals surface area contributed by atoms with Gasteiger partial charge in [0.15, 0.2) is 5.96 Å². The fourth-order valence-electron chi connectivity index (χ4n) is 2.48. The second kappa shape index (κ2) is 11.1. The summed E-state index contributed by atoms with van der Waals surface area (Å²) in [6, 6.07) is 15.6. The quantitative estimate of drug-likeness (QED) is 0.507. The van der Waals surface area contributed by atoms with Gasteiger partial charge in [0, 0.05) is 26.2 Å². The van der Waals surface area contributed by atoms with Crippen LogP contribution in [0.1, 0.15) is 11.1 Å². The van der Waals surface area contributed by atoms with E-state index in [0.717, 1.165) is 12.0 Å². The molecule has 9 heteroatoms. The molecule has 2 aromatic rings. The average Bonchev–Trinajstić information content (AvgIpc) is 2.70. The maximum Gasteiger partial charge on any atom is 0.573 e. The molecular weight excluding hydrogens is 397 g/mol. The van der Waals surface area contributed by atoms with Gasteiger partial charge in [-0.2, -0.15) is 0 Å². The van der Waals surface area contributed by atoms with Gasteiger partial charge in [0.05, 0.1) is 13.1 Å². The summed E-state index contributed by atoms with van der Waals surface area (Å²) < 4.78 is 41.9. The molecule has 0 aromatic heterocycles. The van der Waals surface area contributed by atoms with Crippen LogP contribution in [0.4, 0.5) is 13.2 Å². The van der Waals surface area contributed by atoms with Crippen LogP contribution < -0.4 is 15.4 Å². The molecule has 6 nitrogen and oxygen atoms in total. The van der Waals surface area contributed by atoms with E-state index in [1.807, 2.05) is 30.3 Å². The number of guanidine groups is 1. The summed E-state index contributed by atoms with van der Waals surface area (Å²) in [7, 11) is 3.27. The van der Waals surface area contributed by atoms with Crippen LogP contribution in [0, 0.1) is 0 Å². The van der Waals surface area contributed by atoms with Crippen molar-refractivity contribution in [1.82, 2.24) is 15.5 Å². The molecule has 0 fully saturated rings. The molecule has 0 saturated carbocycles. The lowest BCUT2D eigenvalue weighted by molar-refractivity contribution is -0.274. The van der Waals surface area contributed by atoms with Crippen molar-refractivity contribution in [3.05, 3.63) is 65.7 Å². The van der Waals surface area contributed by atoms with Crippen LogP contribution in [0.25, 0.3) is 0 Å². The van der Waals surface area contributed by atoms with Crippen molar-refractivity contribution in [3.63, 3.8) is 0 Å². The second-order valence-electron chi connectivity index (χ2n) is 6.62. The number of alkyl halides is 3. The van der Waals surface area contributed by atoms with E-state index in [0.29, 0.717) is 12.5 Å². The van der Waals surface area contributed by atoms with Gasteiger partial charge in [-0.25, -0.2) is 4.99 Å². The molecule has 2 rings (SSSR count). The van der Waals surface area contributed by atoms with Gasteiger partial charge in [-0.3, -0.25) is 4.79 Å². The van der Waals surface area contributed by atoms with Gasteiger partial charge >= 0.3 is 6.36 Å². The molecule has 2 aromatic carbocycles. The van der Waals surface area contributed by atoms with E-state index in [1.165, 1.54) is 23.1 Å². The Bertz CT molecular complexity index is 840. The fraction of sp³-hybridized carbons (Fsp3) is 0.333. The van der Waals surface area contributed by atoms with Crippen molar-refractivity contribution >= 4 is 11.9 Å². The highest BCUT2D eigenvalue weighted by atomic mass is 19.4. The molecule has 0 radical (unpaired) electrons. The third-order valence-corrected chi connectivity index (χ3v) is 4.06. The number of hydrogen-bond acceptors (Lipinski definition) is 3. The summed E-state index contributed by atoms with van der Waals surface area (Å²) in [5.74, 6) is -0.141. The summed E-state index contributed by atoms with van der Waals surface area (Å²) in [6.45, 7) is 0.487. The van der Waals surface area contributed by atoms with Crippen molar-refractivity contribution < 1.29 is 22.7 Å². The molecule has 0 atom stereocenters. The highest BCUT2D eigenvalue weighted by Gasteiger charge is 2.31. The highest BCUT2D eigenvalue weighted by molar-refractivity contribution is 5.86. The first-order valence-electron chi connectivity index (χ1n) is 9.34. The molecule has 0 aliphatic rings. The number of para-hydroxylation sites is 1. The first kappa shape index (κ1) is 23.1. The number of amides is 1. The monoisotopic (exact) mass is 422 g/mol. The number of likely N-dealkylation sites (N-methyl/N-ethyl adjacent to an activating group) is 1. The first-order chi connectivity index (χ1) is 14.2. The molecule has 0 aliphatic carbocycles. The van der Waals surface area contributed by atoms with Gasteiger partial charge in [0.1, 0.15) is 5.75 Å². The maximum absolute atomic E-state index is 12.6. The molecule has 2 N–H and O–H groups in total. The largest absolute Gasteiger partial charge is 0.573 e. The summed E-state index contributed by atoms with van der Waals surface area (Å²) in [5.41, 5.74) is 1.40. The van der Waals surface area contributed by atoms with E-state index in [-0.39, 0.29) is 30.3 Å². The third kappa shape index (κ3) is 8.42. The van der Waals surface area contributed by atoms with Crippen LogP contribution in [0.3, 0.4) is 0 Å². The van der Waals surface area contributed by atoms with Crippen LogP contribution >= 0.6 is 0 Å². The van der Waals surface area contributed by atoms with Crippen LogP contribution in [-0.4, -0.2) is 50.3 Å². The molecule has 0 unspecified atom stereocenters. The van der Waals surface area contributed by atoms with Crippen LogP contribution in [0.15, 0.2) is 59.6 Å². The van der Waals surface area contributed by atoms with E-state index in [1.54, 1.807) is 20.2 Å². The smallest absolute Gasteiger partial charge is 0.405 e. The zero-order valence-corrected chi connectivity index (χ0v) is 16.9. The summed E-state index contributed by atoms with van der Waals surface area (Å²) in [4.78, 5) is 17.6. The number of hydrogen-bond donors (Lipinski definition) is 2. The topological polar surface area (TPSA) is 66.0 Å². The predicted molar refractivity (Wildman–Crippen MR) is 109 cm³/mol. The van der Waals surface area contributed by atoms with Gasteiger partial charge in [0.2, 0.25) is 5.91 Å². The minimum atomic E-state index is -4.78. The van der Waals surface area contributed by atoms with Gasteiger partial charge in [0.25, 0.3) is 0 Å². The van der Waals surface area contributed by atoms with Crippen LogP contribution in [-0.2, 0) is 17.8 Å². The maximum atomic E-state index is 12.6. The second-order valence-corrected chi connectivity index (χ2v) is 6.62. The summed E-state index contributed by atoms with van der Waals surface area (Å²) >= 11 is 0. The molecule has 0 bridgehead atoms. The highest BCUT2D eigenvalue weighted by Crippen LogP contribution is 2.26. The molecule has 0 saturated heterocycles. The molecule has 30 heavy (non-hydrogen) atoms. The minimum Gasteiger partial charge on any atom is -0.405 e. The van der Waals surface area contributed by atoms with Crippen molar-refractivity contribution in [2.24, 2.45) is 4.99 Å². The number of rotatable bonds is 8. The Labute approximate surface area is 173 Å². The Balaban J connectivity index is 2.07. The summed E-state index contributed by atoms with van der Waals surface area (Å²) in [5, 5.41) is 6.02. The number of aliphatic imine (C=N–C) groups is 1. The average molecular weight is 422 g/mol. The third-order valence-electron chi connectivity index (χ3n) is 4.06. The Morgan fingerprint density at radius 1 is 1.03 bits per heavy atom. The van der Waals surface area contributed by atoms with Crippen molar-refractivity contribution in [2.45, 2.75) is 19.3 Å².